The van der Waals surface area contributed by atoms with Crippen LogP contribution in [0.3, 0.4) is 0 Å². The third-order valence-electron chi connectivity index (χ3n) is 2.20. The van der Waals surface area contributed by atoms with Crippen LogP contribution in [-0.4, -0.2) is 15.4 Å². The maximum atomic E-state index is 4.05. The summed E-state index contributed by atoms with van der Waals surface area (Å²) in [5.74, 6) is 0. The van der Waals surface area contributed by atoms with Gasteiger partial charge in [0.25, 0.3) is 0 Å². The van der Waals surface area contributed by atoms with E-state index in [1.165, 1.54) is 18.4 Å². The quantitative estimate of drug-likeness (QED) is 0.878. The number of rotatable bonds is 3. The van der Waals surface area contributed by atoms with E-state index in [0.717, 1.165) is 17.5 Å². The number of aryl methyl sites for hydroxylation is 1. The first-order valence-corrected chi connectivity index (χ1v) is 4.69. The second-order valence-electron chi connectivity index (χ2n) is 3.25. The monoisotopic (exact) mass is 282 g/mol. The molecule has 1 aromatic heterocycles. The van der Waals surface area contributed by atoms with Crippen LogP contribution >= 0.6 is 0 Å². The van der Waals surface area contributed by atoms with Crippen LogP contribution in [0.5, 0.6) is 0 Å². The molecule has 2 aromatic rings. The number of unbranched alkanes of at least 4 members (excludes halogenated alkanes) is 1. The molecule has 3 nitrogen and oxygen atoms in total. The molecule has 0 unspecified atom stereocenters. The van der Waals surface area contributed by atoms with Crippen LogP contribution in [0, 0.1) is 0 Å². The molecule has 0 radical (unpaired) electrons. The Labute approximate surface area is 98.8 Å². The molecule has 0 fully saturated rings. The molecule has 78 valence electrons. The van der Waals surface area contributed by atoms with Crippen molar-refractivity contribution in [3.63, 3.8) is 0 Å². The maximum Gasteiger partial charge on any atom is 1.00 e. The molecule has 0 aliphatic heterocycles. The molecular formula is C10H13AgN3+. The van der Waals surface area contributed by atoms with E-state index < -0.39 is 0 Å². The van der Waals surface area contributed by atoms with Crippen molar-refractivity contribution in [3.05, 3.63) is 23.8 Å². The minimum Gasteiger partial charge on any atom is -0.197 e. The molecule has 4 heteroatoms. The molecule has 0 atom stereocenters. The number of hydrogen-bond donors (Lipinski definition) is 1. The molecule has 0 bridgehead atoms. The van der Waals surface area contributed by atoms with Crippen LogP contribution in [0.1, 0.15) is 25.3 Å². The first-order chi connectivity index (χ1) is 6.40. The molecule has 0 spiro atoms. The van der Waals surface area contributed by atoms with Crippen molar-refractivity contribution in [3.8, 4) is 0 Å². The van der Waals surface area contributed by atoms with Gasteiger partial charge in [-0.1, -0.05) is 19.4 Å². The fourth-order valence-corrected chi connectivity index (χ4v) is 1.42. The second kappa shape index (κ2) is 5.29. The predicted molar refractivity (Wildman–Crippen MR) is 52.5 cm³/mol. The summed E-state index contributed by atoms with van der Waals surface area (Å²) < 4.78 is 0. The summed E-state index contributed by atoms with van der Waals surface area (Å²) in [6.45, 7) is 2.20. The summed E-state index contributed by atoms with van der Waals surface area (Å²) in [6, 6.07) is 6.25. The van der Waals surface area contributed by atoms with Crippen molar-refractivity contribution in [2.75, 3.05) is 0 Å². The summed E-state index contributed by atoms with van der Waals surface area (Å²) in [5.41, 5.74) is 3.26. The number of aromatic nitrogens is 3. The van der Waals surface area contributed by atoms with Gasteiger partial charge in [-0.25, -0.2) is 0 Å². The fourth-order valence-electron chi connectivity index (χ4n) is 1.42. The van der Waals surface area contributed by atoms with Gasteiger partial charge < -0.3 is 0 Å². The zero-order chi connectivity index (χ0) is 9.10. The average molecular weight is 283 g/mol. The fraction of sp³-hybridized carbons (Fsp3) is 0.400. The second-order valence-corrected chi connectivity index (χ2v) is 3.25. The molecule has 0 amide bonds. The Bertz CT molecular complexity index is 397. The van der Waals surface area contributed by atoms with E-state index >= 15 is 0 Å². The van der Waals surface area contributed by atoms with Gasteiger partial charge in [-0.05, 0) is 30.5 Å². The number of aromatic amines is 1. The van der Waals surface area contributed by atoms with E-state index in [1.807, 2.05) is 6.07 Å². The Kier molecular flexibility index (Phi) is 4.32. The molecule has 1 heterocycles. The van der Waals surface area contributed by atoms with Gasteiger partial charge in [0.2, 0.25) is 0 Å². The van der Waals surface area contributed by atoms with Crippen LogP contribution in [0.2, 0.25) is 0 Å². The van der Waals surface area contributed by atoms with Gasteiger partial charge in [-0.15, -0.1) is 0 Å². The summed E-state index contributed by atoms with van der Waals surface area (Å²) in [7, 11) is 0. The molecule has 14 heavy (non-hydrogen) atoms. The number of nitrogens with zero attached hydrogens (tertiary/aromatic N) is 2. The van der Waals surface area contributed by atoms with Crippen molar-refractivity contribution in [1.82, 2.24) is 15.4 Å². The number of H-pyrrole nitrogens is 1. The van der Waals surface area contributed by atoms with E-state index in [-0.39, 0.29) is 22.4 Å². The van der Waals surface area contributed by atoms with Crippen LogP contribution < -0.4 is 0 Å². The van der Waals surface area contributed by atoms with E-state index in [0.29, 0.717) is 0 Å². The van der Waals surface area contributed by atoms with E-state index in [4.69, 9.17) is 0 Å². The molecular weight excluding hydrogens is 270 g/mol. The summed E-state index contributed by atoms with van der Waals surface area (Å²) in [6.07, 6.45) is 3.61. The Hall–Kier alpha value is -0.640. The zero-order valence-corrected chi connectivity index (χ0v) is 9.53. The summed E-state index contributed by atoms with van der Waals surface area (Å²) in [5, 5.41) is 10.7. The summed E-state index contributed by atoms with van der Waals surface area (Å²) >= 11 is 0. The number of fused-ring (bicyclic) bond motifs is 1. The van der Waals surface area contributed by atoms with Crippen molar-refractivity contribution in [1.29, 1.82) is 0 Å². The van der Waals surface area contributed by atoms with Crippen molar-refractivity contribution in [2.24, 2.45) is 0 Å². The van der Waals surface area contributed by atoms with Crippen LogP contribution in [0.15, 0.2) is 18.2 Å². The number of benzene rings is 1. The van der Waals surface area contributed by atoms with Gasteiger partial charge in [0.1, 0.15) is 11.0 Å². The molecule has 0 saturated heterocycles. The van der Waals surface area contributed by atoms with Crippen molar-refractivity contribution < 1.29 is 22.4 Å². The molecule has 2 rings (SSSR count). The van der Waals surface area contributed by atoms with E-state index in [1.54, 1.807) is 0 Å². The van der Waals surface area contributed by atoms with Crippen LogP contribution in [0.25, 0.3) is 11.0 Å². The summed E-state index contributed by atoms with van der Waals surface area (Å²) in [4.78, 5) is 0. The zero-order valence-electron chi connectivity index (χ0n) is 8.05. The molecule has 1 aromatic carbocycles. The average Bonchev–Trinajstić information content (AvgIpc) is 2.61. The molecule has 0 aliphatic rings. The van der Waals surface area contributed by atoms with Gasteiger partial charge in [0.15, 0.2) is 0 Å². The standard InChI is InChI=1S/C10H13N3.Ag/c1-2-3-4-8-5-6-9-10(7-8)12-13-11-9;/h5-7H,2-4H2,1H3,(H,11,12,13);/q;+1. The SMILES string of the molecule is CCCCc1ccc2n[nH]nc2c1.[Ag+]. The Morgan fingerprint density at radius 1 is 1.21 bits per heavy atom. The van der Waals surface area contributed by atoms with Gasteiger partial charge in [-0.2, -0.15) is 15.4 Å². The Morgan fingerprint density at radius 3 is 2.79 bits per heavy atom. The van der Waals surface area contributed by atoms with Gasteiger partial charge >= 0.3 is 22.4 Å². The normalized spacial score (nSPS) is 10.1. The molecule has 1 N–H and O–H groups in total. The van der Waals surface area contributed by atoms with Crippen molar-refractivity contribution in [2.45, 2.75) is 26.2 Å². The number of hydrogen-bond acceptors (Lipinski definition) is 2. The topological polar surface area (TPSA) is 41.6 Å². The first kappa shape index (κ1) is 11.4. The molecule has 0 aliphatic carbocycles. The van der Waals surface area contributed by atoms with E-state index in [2.05, 4.69) is 34.5 Å². The minimum absolute atomic E-state index is 0. The largest absolute Gasteiger partial charge is 1.00 e. The molecule has 0 saturated carbocycles. The van der Waals surface area contributed by atoms with Gasteiger partial charge in [0, 0.05) is 0 Å². The van der Waals surface area contributed by atoms with Crippen LogP contribution in [0.4, 0.5) is 0 Å². The van der Waals surface area contributed by atoms with Gasteiger partial charge in [0.05, 0.1) is 0 Å². The maximum absolute atomic E-state index is 4.05. The van der Waals surface area contributed by atoms with Crippen LogP contribution in [-0.2, 0) is 28.8 Å². The first-order valence-electron chi connectivity index (χ1n) is 4.69. The third kappa shape index (κ3) is 2.44. The van der Waals surface area contributed by atoms with Crippen molar-refractivity contribution >= 4 is 11.0 Å². The van der Waals surface area contributed by atoms with Gasteiger partial charge in [-0.3, -0.25) is 0 Å². The minimum atomic E-state index is 0. The third-order valence-corrected chi connectivity index (χ3v) is 2.20. The predicted octanol–water partition coefficient (Wildman–Crippen LogP) is 2.30. The smallest absolute Gasteiger partial charge is 0.197 e. The number of nitrogens with one attached hydrogen (secondary N) is 1. The Balaban J connectivity index is 0.000000980. The van der Waals surface area contributed by atoms with E-state index in [9.17, 15) is 0 Å². The Morgan fingerprint density at radius 2 is 2.00 bits per heavy atom.